The standard InChI is InChI=1S/C10H6N2O3/c11-5-8-12-10-6(4-9(13)14)2-1-3-7(10)15-8/h1-3H,4H2,(H,13,14). The number of hydrogen-bond acceptors (Lipinski definition) is 4. The first kappa shape index (κ1) is 9.21. The van der Waals surface area contributed by atoms with Gasteiger partial charge in [-0.25, -0.2) is 0 Å². The zero-order valence-corrected chi connectivity index (χ0v) is 7.60. The molecule has 0 radical (unpaired) electrons. The van der Waals surface area contributed by atoms with Crippen molar-refractivity contribution in [1.29, 1.82) is 5.26 Å². The van der Waals surface area contributed by atoms with E-state index in [9.17, 15) is 4.79 Å². The fraction of sp³-hybridized carbons (Fsp3) is 0.100. The van der Waals surface area contributed by atoms with Crippen LogP contribution < -0.4 is 0 Å². The molecule has 5 nitrogen and oxygen atoms in total. The number of aromatic nitrogens is 1. The molecule has 15 heavy (non-hydrogen) atoms. The maximum atomic E-state index is 10.6. The van der Waals surface area contributed by atoms with Gasteiger partial charge in [-0.1, -0.05) is 12.1 Å². The van der Waals surface area contributed by atoms with Crippen molar-refractivity contribution in [1.82, 2.24) is 4.98 Å². The number of para-hydroxylation sites is 1. The van der Waals surface area contributed by atoms with Gasteiger partial charge in [0.05, 0.1) is 6.42 Å². The molecule has 0 aliphatic rings. The molecule has 0 bridgehead atoms. The molecule has 0 atom stereocenters. The Bertz CT molecular complexity index is 566. The second-order valence-electron chi connectivity index (χ2n) is 2.97. The third kappa shape index (κ3) is 1.65. The van der Waals surface area contributed by atoms with Gasteiger partial charge in [0, 0.05) is 0 Å². The molecule has 1 aromatic heterocycles. The molecular formula is C10H6N2O3. The van der Waals surface area contributed by atoms with E-state index in [1.165, 1.54) is 0 Å². The van der Waals surface area contributed by atoms with E-state index < -0.39 is 5.97 Å². The average molecular weight is 202 g/mol. The van der Waals surface area contributed by atoms with Gasteiger partial charge in [-0.05, 0) is 11.6 Å². The molecule has 0 unspecified atom stereocenters. The van der Waals surface area contributed by atoms with Gasteiger partial charge in [-0.3, -0.25) is 4.79 Å². The number of nitrogens with zero attached hydrogens (tertiary/aromatic N) is 2. The molecule has 0 amide bonds. The number of oxazole rings is 1. The Hall–Kier alpha value is -2.35. The van der Waals surface area contributed by atoms with Crippen LogP contribution in [0.15, 0.2) is 22.6 Å². The van der Waals surface area contributed by atoms with Crippen LogP contribution in [0.4, 0.5) is 0 Å². The predicted octanol–water partition coefficient (Wildman–Crippen LogP) is 1.33. The quantitative estimate of drug-likeness (QED) is 0.793. The summed E-state index contributed by atoms with van der Waals surface area (Å²) in [5.74, 6) is -0.994. The highest BCUT2D eigenvalue weighted by Crippen LogP contribution is 2.19. The van der Waals surface area contributed by atoms with Crippen molar-refractivity contribution in [3.8, 4) is 6.07 Å². The molecule has 2 aromatic rings. The highest BCUT2D eigenvalue weighted by molar-refractivity contribution is 5.82. The predicted molar refractivity (Wildman–Crippen MR) is 50.1 cm³/mol. The van der Waals surface area contributed by atoms with Crippen molar-refractivity contribution >= 4 is 17.1 Å². The van der Waals surface area contributed by atoms with Crippen LogP contribution >= 0.6 is 0 Å². The van der Waals surface area contributed by atoms with Crippen LogP contribution in [-0.4, -0.2) is 16.1 Å². The van der Waals surface area contributed by atoms with Gasteiger partial charge in [0.25, 0.3) is 0 Å². The van der Waals surface area contributed by atoms with Crippen LogP contribution in [0.5, 0.6) is 0 Å². The maximum Gasteiger partial charge on any atom is 0.307 e. The van der Waals surface area contributed by atoms with E-state index in [0.717, 1.165) is 0 Å². The summed E-state index contributed by atoms with van der Waals surface area (Å²) >= 11 is 0. The van der Waals surface area contributed by atoms with E-state index in [2.05, 4.69) is 4.98 Å². The zero-order valence-electron chi connectivity index (χ0n) is 7.60. The summed E-state index contributed by atoms with van der Waals surface area (Å²) in [6.07, 6.45) is -0.130. The normalized spacial score (nSPS) is 10.1. The van der Waals surface area contributed by atoms with Crippen molar-refractivity contribution < 1.29 is 14.3 Å². The van der Waals surface area contributed by atoms with Gasteiger partial charge in [-0.15, -0.1) is 0 Å². The molecule has 5 heteroatoms. The Kier molecular flexibility index (Phi) is 2.10. The number of nitriles is 1. The monoisotopic (exact) mass is 202 g/mol. The highest BCUT2D eigenvalue weighted by Gasteiger charge is 2.11. The fourth-order valence-electron chi connectivity index (χ4n) is 1.36. The largest absolute Gasteiger partial charge is 0.481 e. The Morgan fingerprint density at radius 3 is 3.07 bits per heavy atom. The Morgan fingerprint density at radius 2 is 2.40 bits per heavy atom. The first-order valence-corrected chi connectivity index (χ1v) is 4.21. The summed E-state index contributed by atoms with van der Waals surface area (Å²) in [6.45, 7) is 0. The lowest BCUT2D eigenvalue weighted by molar-refractivity contribution is -0.136. The van der Waals surface area contributed by atoms with Crippen LogP contribution in [-0.2, 0) is 11.2 Å². The molecule has 0 saturated carbocycles. The number of rotatable bonds is 2. The number of carbonyl (C=O) groups is 1. The molecule has 74 valence electrons. The Labute approximate surface area is 84.6 Å². The lowest BCUT2D eigenvalue weighted by Gasteiger charge is -1.95. The molecule has 0 saturated heterocycles. The Morgan fingerprint density at radius 1 is 1.60 bits per heavy atom. The second kappa shape index (κ2) is 3.42. The first-order valence-electron chi connectivity index (χ1n) is 4.21. The molecule has 0 spiro atoms. The third-order valence-electron chi connectivity index (χ3n) is 1.94. The van der Waals surface area contributed by atoms with E-state index in [1.54, 1.807) is 24.3 Å². The van der Waals surface area contributed by atoms with Crippen LogP contribution in [0.1, 0.15) is 11.5 Å². The summed E-state index contributed by atoms with van der Waals surface area (Å²) in [5.41, 5.74) is 1.42. The maximum absolute atomic E-state index is 10.6. The zero-order chi connectivity index (χ0) is 10.8. The lowest BCUT2D eigenvalue weighted by Crippen LogP contribution is -2.00. The van der Waals surface area contributed by atoms with Gasteiger partial charge in [0.15, 0.2) is 11.7 Å². The average Bonchev–Trinajstić information content (AvgIpc) is 2.61. The summed E-state index contributed by atoms with van der Waals surface area (Å²) in [6, 6.07) is 6.75. The van der Waals surface area contributed by atoms with Crippen LogP contribution in [0, 0.1) is 11.3 Å². The van der Waals surface area contributed by atoms with Crippen LogP contribution in [0.3, 0.4) is 0 Å². The molecule has 1 N–H and O–H groups in total. The summed E-state index contributed by atoms with van der Waals surface area (Å²) in [4.78, 5) is 14.5. The number of aliphatic carboxylic acids is 1. The second-order valence-corrected chi connectivity index (χ2v) is 2.97. The smallest absolute Gasteiger partial charge is 0.307 e. The SMILES string of the molecule is N#Cc1nc2c(CC(=O)O)cccc2o1. The Balaban J connectivity index is 2.60. The van der Waals surface area contributed by atoms with E-state index in [1.807, 2.05) is 0 Å². The molecule has 2 rings (SSSR count). The summed E-state index contributed by atoms with van der Waals surface area (Å²) < 4.78 is 5.07. The first-order chi connectivity index (χ1) is 7.20. The van der Waals surface area contributed by atoms with E-state index in [4.69, 9.17) is 14.8 Å². The number of hydrogen-bond donors (Lipinski definition) is 1. The number of fused-ring (bicyclic) bond motifs is 1. The van der Waals surface area contributed by atoms with E-state index in [0.29, 0.717) is 16.7 Å². The van der Waals surface area contributed by atoms with E-state index in [-0.39, 0.29) is 12.3 Å². The van der Waals surface area contributed by atoms with Crippen molar-refractivity contribution in [3.63, 3.8) is 0 Å². The van der Waals surface area contributed by atoms with Gasteiger partial charge in [0.2, 0.25) is 0 Å². The van der Waals surface area contributed by atoms with Crippen molar-refractivity contribution in [2.24, 2.45) is 0 Å². The molecule has 0 fully saturated rings. The lowest BCUT2D eigenvalue weighted by atomic mass is 10.1. The third-order valence-corrected chi connectivity index (χ3v) is 1.94. The molecule has 0 aliphatic carbocycles. The minimum absolute atomic E-state index is 0.0529. The summed E-state index contributed by atoms with van der Waals surface area (Å²) in [5, 5.41) is 17.3. The van der Waals surface area contributed by atoms with Crippen molar-refractivity contribution in [2.75, 3.05) is 0 Å². The van der Waals surface area contributed by atoms with Gasteiger partial charge in [0.1, 0.15) is 5.52 Å². The number of benzene rings is 1. The molecule has 0 aliphatic heterocycles. The molecule has 1 aromatic carbocycles. The minimum atomic E-state index is -0.941. The van der Waals surface area contributed by atoms with Crippen molar-refractivity contribution in [3.05, 3.63) is 29.7 Å². The van der Waals surface area contributed by atoms with Gasteiger partial charge >= 0.3 is 11.9 Å². The fourth-order valence-corrected chi connectivity index (χ4v) is 1.36. The van der Waals surface area contributed by atoms with Gasteiger partial charge < -0.3 is 9.52 Å². The molecular weight excluding hydrogens is 196 g/mol. The van der Waals surface area contributed by atoms with Gasteiger partial charge in [-0.2, -0.15) is 10.2 Å². The van der Waals surface area contributed by atoms with Crippen molar-refractivity contribution in [2.45, 2.75) is 6.42 Å². The summed E-state index contributed by atoms with van der Waals surface area (Å²) in [7, 11) is 0. The highest BCUT2D eigenvalue weighted by atomic mass is 16.4. The topological polar surface area (TPSA) is 87.1 Å². The van der Waals surface area contributed by atoms with E-state index >= 15 is 0 Å². The number of carboxylic acid groups (broad SMARTS) is 1. The van der Waals surface area contributed by atoms with Crippen LogP contribution in [0.2, 0.25) is 0 Å². The number of carboxylic acids is 1. The minimum Gasteiger partial charge on any atom is -0.481 e. The molecule has 1 heterocycles. The van der Waals surface area contributed by atoms with Crippen LogP contribution in [0.25, 0.3) is 11.1 Å².